The maximum absolute atomic E-state index is 12.2. The van der Waals surface area contributed by atoms with Crippen molar-refractivity contribution >= 4 is 23.0 Å². The summed E-state index contributed by atoms with van der Waals surface area (Å²) in [5.74, 6) is 1.26. The molecule has 1 aromatic rings. The Morgan fingerprint density at radius 2 is 2.27 bits per heavy atom. The highest BCUT2D eigenvalue weighted by atomic mass is 32.1. The zero-order chi connectivity index (χ0) is 18.7. The summed E-state index contributed by atoms with van der Waals surface area (Å²) in [6.45, 7) is 5.08. The Labute approximate surface area is 157 Å². The first-order valence-corrected chi connectivity index (χ1v) is 10.1. The number of hydrogen-bond donors (Lipinski definition) is 3. The van der Waals surface area contributed by atoms with Gasteiger partial charge in [-0.1, -0.05) is 25.2 Å². The van der Waals surface area contributed by atoms with Crippen molar-refractivity contribution in [3.05, 3.63) is 11.1 Å². The van der Waals surface area contributed by atoms with Gasteiger partial charge in [0, 0.05) is 31.0 Å². The molecule has 0 bridgehead atoms. The molecule has 3 rings (SSSR count). The minimum absolute atomic E-state index is 0.125. The van der Waals surface area contributed by atoms with Crippen LogP contribution in [0.3, 0.4) is 0 Å². The van der Waals surface area contributed by atoms with Crippen LogP contribution in [0, 0.1) is 17.8 Å². The zero-order valence-electron chi connectivity index (χ0n) is 15.2. The van der Waals surface area contributed by atoms with Gasteiger partial charge in [0.25, 0.3) is 11.1 Å². The SMILES string of the molecule is CC(C)NCC(O)COc1ncc(C(=O)NCCC2CC3CC3C2=O)s1. The van der Waals surface area contributed by atoms with Crippen molar-refractivity contribution in [2.24, 2.45) is 17.8 Å². The van der Waals surface area contributed by atoms with E-state index in [0.717, 1.165) is 30.6 Å². The van der Waals surface area contributed by atoms with E-state index in [2.05, 4.69) is 15.6 Å². The van der Waals surface area contributed by atoms with Crippen LogP contribution < -0.4 is 15.4 Å². The molecule has 4 unspecified atom stereocenters. The highest BCUT2D eigenvalue weighted by molar-refractivity contribution is 7.15. The summed E-state index contributed by atoms with van der Waals surface area (Å²) in [4.78, 5) is 28.6. The van der Waals surface area contributed by atoms with Crippen LogP contribution >= 0.6 is 11.3 Å². The van der Waals surface area contributed by atoms with Gasteiger partial charge >= 0.3 is 0 Å². The molecule has 2 fully saturated rings. The number of fused-ring (bicyclic) bond motifs is 1. The van der Waals surface area contributed by atoms with E-state index in [1.807, 2.05) is 13.8 Å². The molecule has 1 amide bonds. The van der Waals surface area contributed by atoms with E-state index in [9.17, 15) is 14.7 Å². The first-order chi connectivity index (χ1) is 12.4. The maximum Gasteiger partial charge on any atom is 0.273 e. The van der Waals surface area contributed by atoms with E-state index in [1.165, 1.54) is 6.20 Å². The van der Waals surface area contributed by atoms with Gasteiger partial charge in [0.05, 0.1) is 6.20 Å². The normalized spacial score (nSPS) is 25.2. The summed E-state index contributed by atoms with van der Waals surface area (Å²) < 4.78 is 5.44. The molecule has 7 nitrogen and oxygen atoms in total. The largest absolute Gasteiger partial charge is 0.467 e. The molecule has 0 aliphatic heterocycles. The third-order valence-corrected chi connectivity index (χ3v) is 5.83. The Balaban J connectivity index is 1.35. The Morgan fingerprint density at radius 3 is 2.96 bits per heavy atom. The van der Waals surface area contributed by atoms with Gasteiger partial charge in [0.1, 0.15) is 23.4 Å². The van der Waals surface area contributed by atoms with Crippen LogP contribution in [0.4, 0.5) is 0 Å². The monoisotopic (exact) mass is 381 g/mol. The van der Waals surface area contributed by atoms with Crippen LogP contribution in [-0.4, -0.2) is 53.6 Å². The fraction of sp³-hybridized carbons (Fsp3) is 0.722. The average Bonchev–Trinajstić information content (AvgIpc) is 3.08. The third-order valence-electron chi connectivity index (χ3n) is 4.93. The minimum Gasteiger partial charge on any atom is -0.467 e. The summed E-state index contributed by atoms with van der Waals surface area (Å²) in [6.07, 6.45) is 3.63. The topological polar surface area (TPSA) is 101 Å². The molecule has 1 aromatic heterocycles. The van der Waals surface area contributed by atoms with Crippen LogP contribution in [-0.2, 0) is 4.79 Å². The van der Waals surface area contributed by atoms with Crippen LogP contribution in [0.25, 0.3) is 0 Å². The molecular weight excluding hydrogens is 354 g/mol. The van der Waals surface area contributed by atoms with E-state index >= 15 is 0 Å². The second-order valence-corrected chi connectivity index (χ2v) is 8.49. The number of aromatic nitrogens is 1. The van der Waals surface area contributed by atoms with Crippen molar-refractivity contribution < 1.29 is 19.4 Å². The van der Waals surface area contributed by atoms with Crippen molar-refractivity contribution in [2.75, 3.05) is 19.7 Å². The molecule has 0 saturated heterocycles. The lowest BCUT2D eigenvalue weighted by molar-refractivity contribution is -0.122. The van der Waals surface area contributed by atoms with E-state index in [1.54, 1.807) is 0 Å². The number of Topliss-reactive ketones (excluding diaryl/α,β-unsaturated/α-hetero) is 1. The van der Waals surface area contributed by atoms with Crippen LogP contribution in [0.5, 0.6) is 5.19 Å². The number of nitrogens with zero attached hydrogens (tertiary/aromatic N) is 1. The molecule has 8 heteroatoms. The van der Waals surface area contributed by atoms with Crippen LogP contribution in [0.1, 0.15) is 42.8 Å². The van der Waals surface area contributed by atoms with Gasteiger partial charge in [-0.15, -0.1) is 0 Å². The van der Waals surface area contributed by atoms with Gasteiger partial charge in [0.2, 0.25) is 0 Å². The van der Waals surface area contributed by atoms with Crippen LogP contribution in [0.2, 0.25) is 0 Å². The number of amides is 1. The number of ketones is 1. The average molecular weight is 381 g/mol. The van der Waals surface area contributed by atoms with Gasteiger partial charge in [-0.05, 0) is 25.2 Å². The molecule has 0 spiro atoms. The predicted octanol–water partition coefficient (Wildman–Crippen LogP) is 1.23. The lowest BCUT2D eigenvalue weighted by Crippen LogP contribution is -2.35. The third kappa shape index (κ3) is 5.02. The molecule has 4 atom stereocenters. The van der Waals surface area contributed by atoms with Gasteiger partial charge < -0.3 is 20.5 Å². The molecule has 2 aliphatic carbocycles. The van der Waals surface area contributed by atoms with E-state index in [4.69, 9.17) is 4.74 Å². The highest BCUT2D eigenvalue weighted by Gasteiger charge is 2.52. The minimum atomic E-state index is -0.631. The fourth-order valence-corrected chi connectivity index (χ4v) is 4.07. The van der Waals surface area contributed by atoms with Crippen molar-refractivity contribution in [2.45, 2.75) is 45.3 Å². The number of carbonyl (C=O) groups excluding carboxylic acids is 2. The summed E-state index contributed by atoms with van der Waals surface area (Å²) in [6, 6.07) is 0.296. The number of nitrogens with one attached hydrogen (secondary N) is 2. The van der Waals surface area contributed by atoms with Gasteiger partial charge in [-0.25, -0.2) is 4.98 Å². The second kappa shape index (κ2) is 8.45. The van der Waals surface area contributed by atoms with E-state index in [0.29, 0.717) is 46.8 Å². The lowest BCUT2D eigenvalue weighted by atomic mass is 9.98. The standard InChI is InChI=1S/C18H27N3O4S/c1-10(2)20-7-13(22)9-25-18-21-8-15(26-18)17(24)19-4-3-11-5-12-6-14(12)16(11)23/h8,10-14,20,22H,3-7,9H2,1-2H3,(H,19,24). The Bertz CT molecular complexity index is 648. The van der Waals surface area contributed by atoms with Crippen molar-refractivity contribution in [1.29, 1.82) is 0 Å². The van der Waals surface area contributed by atoms with Crippen LogP contribution in [0.15, 0.2) is 6.20 Å². The smallest absolute Gasteiger partial charge is 0.273 e. The Kier molecular flexibility index (Phi) is 6.26. The van der Waals surface area contributed by atoms with Gasteiger partial charge in [-0.2, -0.15) is 0 Å². The fourth-order valence-electron chi connectivity index (χ4n) is 3.38. The summed E-state index contributed by atoms with van der Waals surface area (Å²) in [5.41, 5.74) is 0. The Hall–Kier alpha value is -1.51. The number of aliphatic hydroxyl groups is 1. The second-order valence-electron chi connectivity index (χ2n) is 7.50. The van der Waals surface area contributed by atoms with Crippen molar-refractivity contribution in [3.8, 4) is 5.19 Å². The molecule has 3 N–H and O–H groups in total. The number of rotatable bonds is 10. The molecule has 0 radical (unpaired) electrons. The quantitative estimate of drug-likeness (QED) is 0.564. The molecule has 144 valence electrons. The summed E-state index contributed by atoms with van der Waals surface area (Å²) >= 11 is 1.15. The molecule has 0 aromatic carbocycles. The number of hydrogen-bond acceptors (Lipinski definition) is 7. The number of carbonyl (C=O) groups is 2. The predicted molar refractivity (Wildman–Crippen MR) is 98.4 cm³/mol. The van der Waals surface area contributed by atoms with Gasteiger partial charge in [0.15, 0.2) is 0 Å². The maximum atomic E-state index is 12.2. The summed E-state index contributed by atoms with van der Waals surface area (Å²) in [5, 5.41) is 16.2. The first-order valence-electron chi connectivity index (χ1n) is 9.26. The lowest BCUT2D eigenvalue weighted by Gasteiger charge is -2.13. The van der Waals surface area contributed by atoms with Crippen molar-refractivity contribution in [3.63, 3.8) is 0 Å². The number of ether oxygens (including phenoxy) is 1. The number of aliphatic hydroxyl groups excluding tert-OH is 1. The number of thiazole rings is 1. The van der Waals surface area contributed by atoms with Gasteiger partial charge in [-0.3, -0.25) is 9.59 Å². The first kappa shape index (κ1) is 19.3. The summed E-state index contributed by atoms with van der Waals surface area (Å²) in [7, 11) is 0. The van der Waals surface area contributed by atoms with Crippen molar-refractivity contribution in [1.82, 2.24) is 15.6 Å². The molecule has 2 aliphatic rings. The molecular formula is C18H27N3O4S. The molecule has 1 heterocycles. The highest BCUT2D eigenvalue weighted by Crippen LogP contribution is 2.52. The Morgan fingerprint density at radius 1 is 1.46 bits per heavy atom. The zero-order valence-corrected chi connectivity index (χ0v) is 16.1. The molecule has 26 heavy (non-hydrogen) atoms. The van der Waals surface area contributed by atoms with E-state index < -0.39 is 6.10 Å². The van der Waals surface area contributed by atoms with E-state index in [-0.39, 0.29) is 18.4 Å². The molecule has 2 saturated carbocycles.